The van der Waals surface area contributed by atoms with Gasteiger partial charge in [0.15, 0.2) is 9.84 Å². The average molecular weight is 298 g/mol. The molecule has 1 atom stereocenters. The van der Waals surface area contributed by atoms with Crippen molar-refractivity contribution >= 4 is 9.84 Å². The molecule has 1 heterocycles. The quantitative estimate of drug-likeness (QED) is 0.820. The predicted octanol–water partition coefficient (Wildman–Crippen LogP) is 2.30. The van der Waals surface area contributed by atoms with Crippen LogP contribution in [0, 0.1) is 0 Å². The van der Waals surface area contributed by atoms with E-state index in [-0.39, 0.29) is 11.5 Å². The highest BCUT2D eigenvalue weighted by atomic mass is 32.2. The van der Waals surface area contributed by atoms with Crippen molar-refractivity contribution in [3.05, 3.63) is 23.5 Å². The van der Waals surface area contributed by atoms with Crippen molar-refractivity contribution in [2.75, 3.05) is 18.1 Å². The van der Waals surface area contributed by atoms with Gasteiger partial charge in [-0.2, -0.15) is 0 Å². The molecule has 0 aliphatic heterocycles. The summed E-state index contributed by atoms with van der Waals surface area (Å²) in [6, 6.07) is 0.432. The van der Waals surface area contributed by atoms with E-state index in [2.05, 4.69) is 29.2 Å². The Morgan fingerprint density at radius 3 is 2.80 bits per heavy atom. The van der Waals surface area contributed by atoms with E-state index in [1.165, 1.54) is 30.4 Å². The number of fused-ring (bicyclic) bond motifs is 1. The van der Waals surface area contributed by atoms with Gasteiger partial charge in [-0.05, 0) is 36.9 Å². The molecule has 0 bridgehead atoms. The maximum absolute atomic E-state index is 11.6. The minimum atomic E-state index is -2.89. The lowest BCUT2D eigenvalue weighted by molar-refractivity contribution is 0.502. The van der Waals surface area contributed by atoms with Gasteiger partial charge in [0.1, 0.15) is 0 Å². The molecule has 5 heteroatoms. The molecular weight excluding hydrogens is 272 g/mol. The smallest absolute Gasteiger partial charge is 0.151 e. The summed E-state index contributed by atoms with van der Waals surface area (Å²) >= 11 is 0. The van der Waals surface area contributed by atoms with Crippen molar-refractivity contribution in [3.63, 3.8) is 0 Å². The summed E-state index contributed by atoms with van der Waals surface area (Å²) < 4.78 is 25.3. The molecule has 0 saturated carbocycles. The van der Waals surface area contributed by atoms with Gasteiger partial charge < -0.3 is 9.88 Å². The van der Waals surface area contributed by atoms with E-state index < -0.39 is 9.84 Å². The summed E-state index contributed by atoms with van der Waals surface area (Å²) in [6.07, 6.45) is 9.08. The third-order valence-corrected chi connectivity index (χ3v) is 5.80. The van der Waals surface area contributed by atoms with Gasteiger partial charge in [-0.15, -0.1) is 0 Å². The summed E-state index contributed by atoms with van der Waals surface area (Å²) in [6.45, 7) is 5.39. The molecule has 0 fully saturated rings. The molecular formula is C15H26N2O2S. The Hall–Kier alpha value is -0.810. The van der Waals surface area contributed by atoms with Gasteiger partial charge in [0.05, 0.1) is 5.75 Å². The second kappa shape index (κ2) is 6.76. The molecule has 0 spiro atoms. The van der Waals surface area contributed by atoms with E-state index in [0.29, 0.717) is 12.6 Å². The first-order chi connectivity index (χ1) is 9.55. The van der Waals surface area contributed by atoms with Crippen molar-refractivity contribution in [2.24, 2.45) is 0 Å². The molecule has 1 aliphatic carbocycles. The van der Waals surface area contributed by atoms with Gasteiger partial charge in [0.2, 0.25) is 0 Å². The fraction of sp³-hybridized carbons (Fsp3) is 0.733. The molecule has 2 rings (SSSR count). The van der Waals surface area contributed by atoms with E-state index in [0.717, 1.165) is 13.0 Å². The molecule has 0 saturated heterocycles. The fourth-order valence-electron chi connectivity index (χ4n) is 2.89. The van der Waals surface area contributed by atoms with Gasteiger partial charge in [-0.3, -0.25) is 0 Å². The number of aromatic nitrogens is 1. The molecule has 4 nitrogen and oxygen atoms in total. The highest BCUT2D eigenvalue weighted by molar-refractivity contribution is 7.91. The summed E-state index contributed by atoms with van der Waals surface area (Å²) in [4.78, 5) is 0. The van der Waals surface area contributed by atoms with Crippen molar-refractivity contribution in [1.82, 2.24) is 9.88 Å². The Morgan fingerprint density at radius 1 is 1.30 bits per heavy atom. The molecule has 114 valence electrons. The van der Waals surface area contributed by atoms with Crippen LogP contribution in [-0.2, 0) is 22.8 Å². The molecule has 0 aromatic carbocycles. The normalized spacial score (nSPS) is 19.6. The van der Waals surface area contributed by atoms with Crippen LogP contribution in [0.25, 0.3) is 0 Å². The van der Waals surface area contributed by atoms with Crippen LogP contribution in [0.4, 0.5) is 0 Å². The third kappa shape index (κ3) is 3.85. The predicted molar refractivity (Wildman–Crippen MR) is 82.7 cm³/mol. The van der Waals surface area contributed by atoms with Crippen molar-refractivity contribution in [1.29, 1.82) is 0 Å². The average Bonchev–Trinajstić information content (AvgIpc) is 2.75. The Bertz CT molecular complexity index is 534. The molecule has 0 radical (unpaired) electrons. The lowest BCUT2D eigenvalue weighted by atomic mass is 10.0. The van der Waals surface area contributed by atoms with Crippen LogP contribution in [0.3, 0.4) is 0 Å². The Morgan fingerprint density at radius 2 is 2.10 bits per heavy atom. The maximum Gasteiger partial charge on any atom is 0.151 e. The van der Waals surface area contributed by atoms with Gasteiger partial charge in [0, 0.05) is 30.7 Å². The van der Waals surface area contributed by atoms with Gasteiger partial charge in [-0.1, -0.05) is 20.3 Å². The van der Waals surface area contributed by atoms with Crippen LogP contribution in [-0.4, -0.2) is 31.0 Å². The molecule has 1 unspecified atom stereocenters. The molecule has 0 amide bonds. The Kier molecular flexibility index (Phi) is 5.27. The third-order valence-electron chi connectivity index (χ3n) is 4.11. The summed E-state index contributed by atoms with van der Waals surface area (Å²) in [7, 11) is -2.89. The lowest BCUT2D eigenvalue weighted by Crippen LogP contribution is -2.20. The molecule has 1 aromatic heterocycles. The SMILES string of the molecule is CCNC1CCCCc2cn(CCS(=O)(=O)CC)cc21. The number of nitrogens with zero attached hydrogens (tertiary/aromatic N) is 1. The molecule has 1 N–H and O–H groups in total. The topological polar surface area (TPSA) is 51.1 Å². The number of hydrogen-bond donors (Lipinski definition) is 1. The van der Waals surface area contributed by atoms with Crippen LogP contribution in [0.15, 0.2) is 12.4 Å². The lowest BCUT2D eigenvalue weighted by Gasteiger charge is -2.15. The van der Waals surface area contributed by atoms with Crippen LogP contribution >= 0.6 is 0 Å². The number of nitrogens with one attached hydrogen (secondary N) is 1. The number of aryl methyl sites for hydroxylation is 2. The first-order valence-electron chi connectivity index (χ1n) is 7.68. The molecule has 1 aromatic rings. The Balaban J connectivity index is 2.12. The highest BCUT2D eigenvalue weighted by Gasteiger charge is 2.20. The van der Waals surface area contributed by atoms with Crippen LogP contribution in [0.5, 0.6) is 0 Å². The first kappa shape index (κ1) is 15.6. The van der Waals surface area contributed by atoms with Crippen LogP contribution in [0.2, 0.25) is 0 Å². The van der Waals surface area contributed by atoms with E-state index in [1.54, 1.807) is 6.92 Å². The minimum Gasteiger partial charge on any atom is -0.353 e. The van der Waals surface area contributed by atoms with Crippen molar-refractivity contribution in [2.45, 2.75) is 52.1 Å². The monoisotopic (exact) mass is 298 g/mol. The van der Waals surface area contributed by atoms with Gasteiger partial charge in [0.25, 0.3) is 0 Å². The van der Waals surface area contributed by atoms with Crippen molar-refractivity contribution in [3.8, 4) is 0 Å². The fourth-order valence-corrected chi connectivity index (χ4v) is 3.67. The number of rotatable bonds is 6. The van der Waals surface area contributed by atoms with E-state index in [9.17, 15) is 8.42 Å². The van der Waals surface area contributed by atoms with Gasteiger partial charge in [-0.25, -0.2) is 8.42 Å². The van der Waals surface area contributed by atoms with E-state index >= 15 is 0 Å². The zero-order valence-electron chi connectivity index (χ0n) is 12.6. The second-order valence-electron chi connectivity index (χ2n) is 5.57. The van der Waals surface area contributed by atoms with E-state index in [1.807, 2.05) is 0 Å². The van der Waals surface area contributed by atoms with Crippen LogP contribution in [0.1, 0.15) is 50.3 Å². The molecule has 20 heavy (non-hydrogen) atoms. The van der Waals surface area contributed by atoms with Gasteiger partial charge >= 0.3 is 0 Å². The number of sulfone groups is 1. The summed E-state index contributed by atoms with van der Waals surface area (Å²) in [5, 5.41) is 3.55. The zero-order chi connectivity index (χ0) is 14.6. The maximum atomic E-state index is 11.6. The van der Waals surface area contributed by atoms with Crippen LogP contribution < -0.4 is 5.32 Å². The second-order valence-corrected chi connectivity index (χ2v) is 8.04. The zero-order valence-corrected chi connectivity index (χ0v) is 13.4. The molecule has 1 aliphatic rings. The minimum absolute atomic E-state index is 0.230. The first-order valence-corrected chi connectivity index (χ1v) is 9.50. The standard InChI is InChI=1S/C15H26N2O2S/c1-3-16-15-8-6-5-7-13-11-17(12-14(13)15)9-10-20(18,19)4-2/h11-12,15-16H,3-10H2,1-2H3. The summed E-state index contributed by atoms with van der Waals surface area (Å²) in [5.41, 5.74) is 2.76. The number of hydrogen-bond acceptors (Lipinski definition) is 3. The summed E-state index contributed by atoms with van der Waals surface area (Å²) in [5.74, 6) is 0.469. The van der Waals surface area contributed by atoms with E-state index in [4.69, 9.17) is 0 Å². The largest absolute Gasteiger partial charge is 0.353 e. The highest BCUT2D eigenvalue weighted by Crippen LogP contribution is 2.29. The Labute approximate surface area is 122 Å². The van der Waals surface area contributed by atoms with Crippen molar-refractivity contribution < 1.29 is 8.42 Å².